The van der Waals surface area contributed by atoms with Crippen LogP contribution in [-0.2, 0) is 16.0 Å². The molecule has 2 saturated heterocycles. The number of alkyl halides is 3. The van der Waals surface area contributed by atoms with E-state index >= 15 is 0 Å². The Hall–Kier alpha value is -1.22. The van der Waals surface area contributed by atoms with Crippen LogP contribution in [0.4, 0.5) is 18.9 Å². The first-order valence-corrected chi connectivity index (χ1v) is 8.80. The fraction of sp³-hybridized carbons (Fsp3) is 0.417. The maximum absolute atomic E-state index is 13.1. The van der Waals surface area contributed by atoms with Crippen LogP contribution >= 0.6 is 11.8 Å². The second-order valence-corrected chi connectivity index (χ2v) is 8.37. The molecule has 2 fully saturated rings. The average Bonchev–Trinajstić information content (AvgIpc) is 2.78. The van der Waals surface area contributed by atoms with Crippen molar-refractivity contribution in [3.8, 4) is 0 Å². The third-order valence-corrected chi connectivity index (χ3v) is 6.69. The fourth-order valence-electron chi connectivity index (χ4n) is 2.71. The Morgan fingerprint density at radius 1 is 1.24 bits per heavy atom. The molecule has 21 heavy (non-hydrogen) atoms. The van der Waals surface area contributed by atoms with Crippen molar-refractivity contribution < 1.29 is 21.6 Å². The molecule has 0 amide bonds. The lowest BCUT2D eigenvalue weighted by molar-refractivity contribution is -0.137. The van der Waals surface area contributed by atoms with Crippen molar-refractivity contribution in [2.75, 3.05) is 16.4 Å². The van der Waals surface area contributed by atoms with E-state index in [-0.39, 0.29) is 27.6 Å². The number of halogens is 3. The molecular formula is C12H11F3N2O2S2. The number of anilines is 1. The molecule has 3 rings (SSSR count). The van der Waals surface area contributed by atoms with Crippen molar-refractivity contribution in [1.29, 1.82) is 5.41 Å². The lowest BCUT2D eigenvalue weighted by Gasteiger charge is -2.26. The molecule has 1 aromatic carbocycles. The third-order valence-electron chi connectivity index (χ3n) is 3.55. The van der Waals surface area contributed by atoms with Crippen LogP contribution in [0.25, 0.3) is 0 Å². The van der Waals surface area contributed by atoms with Crippen molar-refractivity contribution in [2.45, 2.75) is 17.5 Å². The number of sulfone groups is 1. The smallest absolute Gasteiger partial charge is 0.316 e. The highest BCUT2D eigenvalue weighted by Crippen LogP contribution is 2.44. The molecule has 0 spiro atoms. The van der Waals surface area contributed by atoms with Crippen LogP contribution in [0.2, 0.25) is 0 Å². The number of nitrogens with zero attached hydrogens (tertiary/aromatic N) is 1. The number of rotatable bonds is 1. The summed E-state index contributed by atoms with van der Waals surface area (Å²) in [6, 6.07) is 4.37. The van der Waals surface area contributed by atoms with E-state index in [2.05, 4.69) is 0 Å². The van der Waals surface area contributed by atoms with E-state index in [0.717, 1.165) is 17.8 Å². The average molecular weight is 336 g/mol. The van der Waals surface area contributed by atoms with Crippen LogP contribution < -0.4 is 4.90 Å². The summed E-state index contributed by atoms with van der Waals surface area (Å²) < 4.78 is 62.7. The van der Waals surface area contributed by atoms with Gasteiger partial charge in [-0.2, -0.15) is 13.2 Å². The third kappa shape index (κ3) is 2.52. The first kappa shape index (κ1) is 14.7. The largest absolute Gasteiger partial charge is 0.418 e. The van der Waals surface area contributed by atoms with E-state index in [4.69, 9.17) is 5.41 Å². The monoisotopic (exact) mass is 336 g/mol. The molecule has 2 aliphatic heterocycles. The number of para-hydroxylation sites is 1. The first-order chi connectivity index (χ1) is 9.69. The van der Waals surface area contributed by atoms with Gasteiger partial charge in [-0.3, -0.25) is 5.41 Å². The maximum Gasteiger partial charge on any atom is 0.418 e. The molecule has 2 atom stereocenters. The SMILES string of the molecule is N=C1S[C@@H]2CS(=O)(=O)C[C@H]2N1c1ccccc1C(F)(F)F. The number of hydrogen-bond donors (Lipinski definition) is 1. The number of amidine groups is 1. The molecule has 1 N–H and O–H groups in total. The Morgan fingerprint density at radius 3 is 2.57 bits per heavy atom. The zero-order valence-corrected chi connectivity index (χ0v) is 12.2. The molecule has 0 aromatic heterocycles. The predicted octanol–water partition coefficient (Wildman–Crippen LogP) is 2.36. The summed E-state index contributed by atoms with van der Waals surface area (Å²) in [6.07, 6.45) is -4.54. The molecule has 9 heteroatoms. The van der Waals surface area contributed by atoms with Crippen molar-refractivity contribution in [1.82, 2.24) is 0 Å². The highest BCUT2D eigenvalue weighted by Gasteiger charge is 2.50. The van der Waals surface area contributed by atoms with Gasteiger partial charge in [0.1, 0.15) is 0 Å². The van der Waals surface area contributed by atoms with Gasteiger partial charge in [0, 0.05) is 5.25 Å². The van der Waals surface area contributed by atoms with Crippen LogP contribution in [0.5, 0.6) is 0 Å². The van der Waals surface area contributed by atoms with Crippen LogP contribution in [0.15, 0.2) is 24.3 Å². The minimum absolute atomic E-state index is 0.0309. The number of thioether (sulfide) groups is 1. The van der Waals surface area contributed by atoms with Crippen LogP contribution in [0.3, 0.4) is 0 Å². The quantitative estimate of drug-likeness (QED) is 0.855. The molecule has 2 aliphatic rings. The van der Waals surface area contributed by atoms with Gasteiger partial charge in [0.05, 0.1) is 28.8 Å². The van der Waals surface area contributed by atoms with Crippen molar-refractivity contribution in [3.05, 3.63) is 29.8 Å². The normalized spacial score (nSPS) is 28.0. The van der Waals surface area contributed by atoms with Crippen LogP contribution in [0, 0.1) is 5.41 Å². The van der Waals surface area contributed by atoms with Gasteiger partial charge in [0.15, 0.2) is 15.0 Å². The zero-order valence-electron chi connectivity index (χ0n) is 10.6. The standard InChI is InChI=1S/C12H11F3N2O2S2/c13-12(14,15)7-3-1-2-4-8(7)17-9-5-21(18,19)6-10(9)20-11(17)16/h1-4,9-10,16H,5-6H2/t9-,10-/m1/s1. The molecule has 4 nitrogen and oxygen atoms in total. The summed E-state index contributed by atoms with van der Waals surface area (Å²) in [5.41, 5.74) is -0.993. The van der Waals surface area contributed by atoms with Crippen molar-refractivity contribution >= 4 is 32.5 Å². The van der Waals surface area contributed by atoms with E-state index in [9.17, 15) is 21.6 Å². The first-order valence-electron chi connectivity index (χ1n) is 6.10. The molecule has 0 radical (unpaired) electrons. The summed E-state index contributed by atoms with van der Waals surface area (Å²) in [6.45, 7) is 0. The molecule has 2 heterocycles. The minimum atomic E-state index is -4.54. The summed E-state index contributed by atoms with van der Waals surface area (Å²) in [5.74, 6) is -0.297. The Labute approximate surface area is 123 Å². The lowest BCUT2D eigenvalue weighted by Crippen LogP contribution is -2.38. The molecule has 1 aromatic rings. The Morgan fingerprint density at radius 2 is 1.90 bits per heavy atom. The van der Waals surface area contributed by atoms with Crippen LogP contribution in [-0.4, -0.2) is 36.4 Å². The van der Waals surface area contributed by atoms with Gasteiger partial charge >= 0.3 is 6.18 Å². The van der Waals surface area contributed by atoms with Gasteiger partial charge < -0.3 is 4.90 Å². The number of hydrogen-bond acceptors (Lipinski definition) is 4. The highest BCUT2D eigenvalue weighted by molar-refractivity contribution is 8.15. The number of fused-ring (bicyclic) bond motifs is 1. The van der Waals surface area contributed by atoms with Gasteiger partial charge in [0.2, 0.25) is 0 Å². The molecule has 0 aliphatic carbocycles. The Bertz CT molecular complexity index is 703. The predicted molar refractivity (Wildman–Crippen MR) is 75.5 cm³/mol. The molecule has 114 valence electrons. The topological polar surface area (TPSA) is 61.2 Å². The van der Waals surface area contributed by atoms with E-state index in [1.54, 1.807) is 0 Å². The summed E-state index contributed by atoms with van der Waals surface area (Å²) >= 11 is 1.02. The summed E-state index contributed by atoms with van der Waals surface area (Å²) in [5, 5.41) is 7.50. The Kier molecular flexibility index (Phi) is 3.25. The van der Waals surface area contributed by atoms with Gasteiger partial charge in [-0.25, -0.2) is 8.42 Å². The summed E-state index contributed by atoms with van der Waals surface area (Å²) in [4.78, 5) is 1.21. The van der Waals surface area contributed by atoms with Crippen molar-refractivity contribution in [3.63, 3.8) is 0 Å². The van der Waals surface area contributed by atoms with Crippen LogP contribution in [0.1, 0.15) is 5.56 Å². The highest BCUT2D eigenvalue weighted by atomic mass is 32.2. The van der Waals surface area contributed by atoms with Gasteiger partial charge in [-0.15, -0.1) is 0 Å². The molecule has 0 unspecified atom stereocenters. The van der Waals surface area contributed by atoms with E-state index in [0.29, 0.717) is 0 Å². The molecule has 0 saturated carbocycles. The molecule has 0 bridgehead atoms. The maximum atomic E-state index is 13.1. The van der Waals surface area contributed by atoms with Gasteiger partial charge in [-0.1, -0.05) is 23.9 Å². The minimum Gasteiger partial charge on any atom is -0.316 e. The second kappa shape index (κ2) is 4.64. The Balaban J connectivity index is 2.07. The fourth-order valence-corrected chi connectivity index (χ4v) is 6.50. The van der Waals surface area contributed by atoms with E-state index in [1.165, 1.54) is 23.1 Å². The number of nitrogens with one attached hydrogen (secondary N) is 1. The van der Waals surface area contributed by atoms with E-state index in [1.807, 2.05) is 0 Å². The van der Waals surface area contributed by atoms with Crippen molar-refractivity contribution in [2.24, 2.45) is 0 Å². The zero-order chi connectivity index (χ0) is 15.4. The number of benzene rings is 1. The van der Waals surface area contributed by atoms with Gasteiger partial charge in [-0.05, 0) is 12.1 Å². The molecular weight excluding hydrogens is 325 g/mol. The summed E-state index contributed by atoms with van der Waals surface area (Å²) in [7, 11) is -3.26. The van der Waals surface area contributed by atoms with E-state index < -0.39 is 27.6 Å². The lowest BCUT2D eigenvalue weighted by atomic mass is 10.1. The second-order valence-electron chi connectivity index (χ2n) is 4.99. The van der Waals surface area contributed by atoms with Gasteiger partial charge in [0.25, 0.3) is 0 Å².